The van der Waals surface area contributed by atoms with Gasteiger partial charge >= 0.3 is 0 Å². The smallest absolute Gasteiger partial charge is 0.218 e. The lowest BCUT2D eigenvalue weighted by atomic mass is 9.84. The van der Waals surface area contributed by atoms with Gasteiger partial charge in [0.1, 0.15) is 0 Å². The minimum atomic E-state index is -0.205. The van der Waals surface area contributed by atoms with Crippen molar-refractivity contribution in [2.24, 2.45) is 23.3 Å². The third-order valence-corrected chi connectivity index (χ3v) is 3.48. The fourth-order valence-electron chi connectivity index (χ4n) is 2.40. The van der Waals surface area contributed by atoms with E-state index in [9.17, 15) is 4.79 Å². The van der Waals surface area contributed by atoms with Crippen LogP contribution in [-0.4, -0.2) is 37.0 Å². The first-order valence-electron chi connectivity index (χ1n) is 5.88. The molecule has 1 amide bonds. The number of hydrogen-bond donors (Lipinski definition) is 2. The lowest BCUT2D eigenvalue weighted by molar-refractivity contribution is -0.118. The maximum atomic E-state index is 10.7. The Kier molecular flexibility index (Phi) is 5.05. The van der Waals surface area contributed by atoms with Gasteiger partial charge in [-0.15, -0.1) is 0 Å². The zero-order valence-corrected chi connectivity index (χ0v) is 9.61. The van der Waals surface area contributed by atoms with Crippen molar-refractivity contribution in [2.75, 3.05) is 26.2 Å². The standard InChI is InChI=1S/C11H23N3O/c1-2-9-8-14(6-4-11(13)15)5-3-10(9)7-12/h9-10H,2-8,12H2,1H3,(H2,13,15). The summed E-state index contributed by atoms with van der Waals surface area (Å²) >= 11 is 0. The van der Waals surface area contributed by atoms with E-state index in [-0.39, 0.29) is 5.91 Å². The molecule has 2 atom stereocenters. The highest BCUT2D eigenvalue weighted by molar-refractivity contribution is 5.73. The Bertz CT molecular complexity index is 208. The number of carbonyl (C=O) groups is 1. The van der Waals surface area contributed by atoms with Gasteiger partial charge in [-0.3, -0.25) is 4.79 Å². The molecule has 1 aliphatic rings. The van der Waals surface area contributed by atoms with Crippen LogP contribution in [0.4, 0.5) is 0 Å². The zero-order chi connectivity index (χ0) is 11.3. The van der Waals surface area contributed by atoms with Crippen LogP contribution in [0, 0.1) is 11.8 Å². The monoisotopic (exact) mass is 213 g/mol. The van der Waals surface area contributed by atoms with Gasteiger partial charge in [0.25, 0.3) is 0 Å². The molecule has 15 heavy (non-hydrogen) atoms. The predicted molar refractivity (Wildman–Crippen MR) is 61.2 cm³/mol. The molecule has 0 bridgehead atoms. The molecule has 4 nitrogen and oxygen atoms in total. The molecule has 0 aliphatic carbocycles. The Hall–Kier alpha value is -0.610. The average Bonchev–Trinajstić information content (AvgIpc) is 2.25. The van der Waals surface area contributed by atoms with Crippen molar-refractivity contribution in [1.82, 2.24) is 4.90 Å². The van der Waals surface area contributed by atoms with Gasteiger partial charge in [0.05, 0.1) is 0 Å². The minimum absolute atomic E-state index is 0.205. The van der Waals surface area contributed by atoms with E-state index in [1.807, 2.05) is 0 Å². The zero-order valence-electron chi connectivity index (χ0n) is 9.61. The van der Waals surface area contributed by atoms with E-state index in [0.717, 1.165) is 32.6 Å². The Labute approximate surface area is 92.0 Å². The van der Waals surface area contributed by atoms with Crippen LogP contribution in [0.15, 0.2) is 0 Å². The van der Waals surface area contributed by atoms with Gasteiger partial charge in [-0.05, 0) is 31.3 Å². The quantitative estimate of drug-likeness (QED) is 0.683. The summed E-state index contributed by atoms with van der Waals surface area (Å²) in [6, 6.07) is 0. The normalized spacial score (nSPS) is 27.9. The number of piperidine rings is 1. The van der Waals surface area contributed by atoms with E-state index in [0.29, 0.717) is 18.3 Å². The summed E-state index contributed by atoms with van der Waals surface area (Å²) in [5, 5.41) is 0. The van der Waals surface area contributed by atoms with Gasteiger partial charge in [-0.1, -0.05) is 13.3 Å². The van der Waals surface area contributed by atoms with E-state index >= 15 is 0 Å². The van der Waals surface area contributed by atoms with Crippen molar-refractivity contribution in [2.45, 2.75) is 26.2 Å². The van der Waals surface area contributed by atoms with Gasteiger partial charge in [0.15, 0.2) is 0 Å². The first-order chi connectivity index (χ1) is 7.17. The Morgan fingerprint density at radius 3 is 2.73 bits per heavy atom. The molecule has 4 N–H and O–H groups in total. The molecule has 1 fully saturated rings. The first kappa shape index (κ1) is 12.5. The highest BCUT2D eigenvalue weighted by atomic mass is 16.1. The number of rotatable bonds is 5. The van der Waals surface area contributed by atoms with Crippen LogP contribution in [0.2, 0.25) is 0 Å². The second-order valence-electron chi connectivity index (χ2n) is 4.47. The van der Waals surface area contributed by atoms with E-state index in [2.05, 4.69) is 11.8 Å². The molecule has 2 unspecified atom stereocenters. The molecule has 1 heterocycles. The number of primary amides is 1. The van der Waals surface area contributed by atoms with Crippen LogP contribution in [0.3, 0.4) is 0 Å². The van der Waals surface area contributed by atoms with Crippen molar-refractivity contribution < 1.29 is 4.79 Å². The molecule has 0 aromatic heterocycles. The largest absolute Gasteiger partial charge is 0.370 e. The van der Waals surface area contributed by atoms with Crippen molar-refractivity contribution in [1.29, 1.82) is 0 Å². The number of nitrogens with zero attached hydrogens (tertiary/aromatic N) is 1. The maximum absolute atomic E-state index is 10.7. The SMILES string of the molecule is CCC1CN(CCC(N)=O)CCC1CN. The molecule has 0 radical (unpaired) electrons. The lowest BCUT2D eigenvalue weighted by Gasteiger charge is -2.37. The second-order valence-corrected chi connectivity index (χ2v) is 4.47. The van der Waals surface area contributed by atoms with Crippen LogP contribution in [0.5, 0.6) is 0 Å². The topological polar surface area (TPSA) is 72.3 Å². The van der Waals surface area contributed by atoms with E-state index in [4.69, 9.17) is 11.5 Å². The number of likely N-dealkylation sites (tertiary alicyclic amines) is 1. The molecule has 1 rings (SSSR count). The first-order valence-corrected chi connectivity index (χ1v) is 5.88. The van der Waals surface area contributed by atoms with Gasteiger partial charge in [-0.25, -0.2) is 0 Å². The summed E-state index contributed by atoms with van der Waals surface area (Å²) in [5.74, 6) is 1.15. The van der Waals surface area contributed by atoms with Crippen LogP contribution in [-0.2, 0) is 4.79 Å². The molecule has 88 valence electrons. The lowest BCUT2D eigenvalue weighted by Crippen LogP contribution is -2.43. The van der Waals surface area contributed by atoms with Gasteiger partial charge in [0.2, 0.25) is 5.91 Å². The Morgan fingerprint density at radius 1 is 1.47 bits per heavy atom. The molecule has 0 aromatic rings. The third kappa shape index (κ3) is 3.80. The van der Waals surface area contributed by atoms with Crippen LogP contribution in [0.25, 0.3) is 0 Å². The molecule has 1 saturated heterocycles. The van der Waals surface area contributed by atoms with E-state index in [1.165, 1.54) is 6.42 Å². The Balaban J connectivity index is 2.35. The van der Waals surface area contributed by atoms with Crippen molar-refractivity contribution in [3.8, 4) is 0 Å². The summed E-state index contributed by atoms with van der Waals surface area (Å²) < 4.78 is 0. The van der Waals surface area contributed by atoms with Crippen LogP contribution >= 0.6 is 0 Å². The molecule has 0 spiro atoms. The number of carbonyl (C=O) groups excluding carboxylic acids is 1. The highest BCUT2D eigenvalue weighted by Gasteiger charge is 2.26. The minimum Gasteiger partial charge on any atom is -0.370 e. The maximum Gasteiger partial charge on any atom is 0.218 e. The predicted octanol–water partition coefficient (Wildman–Crippen LogP) is 0.169. The van der Waals surface area contributed by atoms with Gasteiger partial charge in [0, 0.05) is 19.5 Å². The number of nitrogens with two attached hydrogens (primary N) is 2. The van der Waals surface area contributed by atoms with Crippen molar-refractivity contribution in [3.05, 3.63) is 0 Å². The highest BCUT2D eigenvalue weighted by Crippen LogP contribution is 2.25. The summed E-state index contributed by atoms with van der Waals surface area (Å²) in [5.41, 5.74) is 10.9. The Morgan fingerprint density at radius 2 is 2.20 bits per heavy atom. The average molecular weight is 213 g/mol. The summed E-state index contributed by atoms with van der Waals surface area (Å²) in [6.45, 7) is 5.95. The van der Waals surface area contributed by atoms with Crippen LogP contribution in [0.1, 0.15) is 26.2 Å². The van der Waals surface area contributed by atoms with E-state index in [1.54, 1.807) is 0 Å². The number of amides is 1. The van der Waals surface area contributed by atoms with Crippen LogP contribution < -0.4 is 11.5 Å². The van der Waals surface area contributed by atoms with Gasteiger partial charge in [-0.2, -0.15) is 0 Å². The molecular formula is C11H23N3O. The number of hydrogen-bond acceptors (Lipinski definition) is 3. The second kappa shape index (κ2) is 6.08. The fourth-order valence-corrected chi connectivity index (χ4v) is 2.40. The van der Waals surface area contributed by atoms with Crippen molar-refractivity contribution >= 4 is 5.91 Å². The van der Waals surface area contributed by atoms with E-state index < -0.39 is 0 Å². The summed E-state index contributed by atoms with van der Waals surface area (Å²) in [6.07, 6.45) is 2.81. The molecule has 1 aliphatic heterocycles. The fraction of sp³-hybridized carbons (Fsp3) is 0.909. The molecule has 4 heteroatoms. The van der Waals surface area contributed by atoms with Gasteiger partial charge < -0.3 is 16.4 Å². The summed E-state index contributed by atoms with van der Waals surface area (Å²) in [4.78, 5) is 13.0. The molecular weight excluding hydrogens is 190 g/mol. The summed E-state index contributed by atoms with van der Waals surface area (Å²) in [7, 11) is 0. The van der Waals surface area contributed by atoms with Crippen molar-refractivity contribution in [3.63, 3.8) is 0 Å². The molecule has 0 saturated carbocycles. The molecule has 0 aromatic carbocycles. The third-order valence-electron chi connectivity index (χ3n) is 3.48.